The van der Waals surface area contributed by atoms with E-state index in [1.807, 2.05) is 0 Å². The first-order valence-electron chi connectivity index (χ1n) is 3.41. The van der Waals surface area contributed by atoms with E-state index < -0.39 is 31.0 Å². The molecule has 0 spiro atoms. The third kappa shape index (κ3) is 2.50. The van der Waals surface area contributed by atoms with E-state index in [1.165, 1.54) is 0 Å². The van der Waals surface area contributed by atoms with Crippen molar-refractivity contribution in [3.05, 3.63) is 0 Å². The Morgan fingerprint density at radius 2 is 1.36 bits per heavy atom. The van der Waals surface area contributed by atoms with Crippen molar-refractivity contribution in [3.8, 4) is 0 Å². The van der Waals surface area contributed by atoms with E-state index in [-0.39, 0.29) is 0 Å². The summed E-state index contributed by atoms with van der Waals surface area (Å²) in [6, 6.07) is 0. The van der Waals surface area contributed by atoms with Gasteiger partial charge in [-0.05, 0) is 0 Å². The Kier molecular flexibility index (Phi) is 3.79. The molecule has 1 N–H and O–H groups in total. The van der Waals surface area contributed by atoms with Crippen LogP contribution in [0.5, 0.6) is 0 Å². The Hall–Kier alpha value is -0.500. The lowest BCUT2D eigenvalue weighted by molar-refractivity contribution is -0.371. The van der Waals surface area contributed by atoms with E-state index >= 15 is 0 Å². The molecule has 0 radical (unpaired) electrons. The molecule has 86 valence electrons. The first-order valence-corrected chi connectivity index (χ1v) is 3.41. The van der Waals surface area contributed by atoms with Gasteiger partial charge in [-0.3, -0.25) is 0 Å². The molecule has 0 rings (SSSR count). The quantitative estimate of drug-likeness (QED) is 0.744. The summed E-state index contributed by atoms with van der Waals surface area (Å²) < 4.78 is 75.5. The zero-order valence-electron chi connectivity index (χ0n) is 7.04. The van der Waals surface area contributed by atoms with E-state index in [0.717, 1.165) is 7.11 Å². The number of alkyl halides is 6. The molecule has 0 saturated heterocycles. The molecule has 14 heavy (non-hydrogen) atoms. The van der Waals surface area contributed by atoms with Gasteiger partial charge in [0, 0.05) is 20.1 Å². The van der Waals surface area contributed by atoms with E-state index in [9.17, 15) is 26.3 Å². The Bertz CT molecular complexity index is 170. The average molecular weight is 226 g/mol. The molecule has 0 aliphatic rings. The van der Waals surface area contributed by atoms with Gasteiger partial charge in [-0.25, -0.2) is 0 Å². The molecule has 0 heterocycles. The van der Waals surface area contributed by atoms with Gasteiger partial charge in [-0.2, -0.15) is 26.3 Å². The second-order valence-corrected chi connectivity index (χ2v) is 2.60. The zero-order chi connectivity index (χ0) is 11.6. The second kappa shape index (κ2) is 3.93. The molecule has 0 aromatic carbocycles. The fourth-order valence-electron chi connectivity index (χ4n) is 0.694. The SMILES string of the molecule is COCCC(O)(C(F)(F)F)C(F)(F)F. The average Bonchev–Trinajstić information content (AvgIpc) is 1.95. The summed E-state index contributed by atoms with van der Waals surface area (Å²) in [5.74, 6) is 0. The second-order valence-electron chi connectivity index (χ2n) is 2.60. The minimum absolute atomic E-state index is 0.838. The van der Waals surface area contributed by atoms with Crippen molar-refractivity contribution in [2.24, 2.45) is 0 Å². The Morgan fingerprint density at radius 3 is 1.57 bits per heavy atom. The van der Waals surface area contributed by atoms with Crippen LogP contribution in [0.1, 0.15) is 6.42 Å². The molecule has 0 bridgehead atoms. The lowest BCUT2D eigenvalue weighted by atomic mass is 9.99. The van der Waals surface area contributed by atoms with Crippen LogP contribution in [0.15, 0.2) is 0 Å². The van der Waals surface area contributed by atoms with E-state index in [4.69, 9.17) is 5.11 Å². The molecule has 0 aromatic rings. The predicted molar refractivity (Wildman–Crippen MR) is 33.6 cm³/mol. The van der Waals surface area contributed by atoms with E-state index in [1.54, 1.807) is 0 Å². The number of halogens is 6. The molecule has 0 atom stereocenters. The van der Waals surface area contributed by atoms with E-state index in [2.05, 4.69) is 4.74 Å². The van der Waals surface area contributed by atoms with Gasteiger partial charge in [0.25, 0.3) is 5.60 Å². The number of rotatable bonds is 3. The van der Waals surface area contributed by atoms with Crippen LogP contribution in [0.3, 0.4) is 0 Å². The van der Waals surface area contributed by atoms with Gasteiger partial charge >= 0.3 is 12.4 Å². The lowest BCUT2D eigenvalue weighted by Gasteiger charge is -2.31. The maximum Gasteiger partial charge on any atom is 0.426 e. The predicted octanol–water partition coefficient (Wildman–Crippen LogP) is 1.88. The Balaban J connectivity index is 4.87. The molecule has 8 heteroatoms. The molecular formula is C6H8F6O2. The molecule has 0 unspecified atom stereocenters. The van der Waals surface area contributed by atoms with Crippen molar-refractivity contribution in [3.63, 3.8) is 0 Å². The first-order chi connectivity index (χ1) is 6.06. The maximum atomic E-state index is 11.9. The summed E-state index contributed by atoms with van der Waals surface area (Å²) in [5.41, 5.74) is -4.70. The molecule has 0 fully saturated rings. The first kappa shape index (κ1) is 13.5. The van der Waals surface area contributed by atoms with Crippen molar-refractivity contribution >= 4 is 0 Å². The van der Waals surface area contributed by atoms with Crippen LogP contribution in [-0.4, -0.2) is 36.8 Å². The van der Waals surface area contributed by atoms with Gasteiger partial charge in [-0.15, -0.1) is 0 Å². The minimum Gasteiger partial charge on any atom is -0.385 e. The van der Waals surface area contributed by atoms with Crippen molar-refractivity contribution in [2.45, 2.75) is 24.4 Å². The van der Waals surface area contributed by atoms with Gasteiger partial charge in [0.05, 0.1) is 0 Å². The standard InChI is InChI=1S/C6H8F6O2/c1-14-3-2-4(13,5(7,8)9)6(10,11)12/h13H,2-3H2,1H3. The normalized spacial score (nSPS) is 14.6. The highest BCUT2D eigenvalue weighted by Crippen LogP contribution is 2.44. The largest absolute Gasteiger partial charge is 0.426 e. The topological polar surface area (TPSA) is 29.5 Å². The molecule has 0 saturated carbocycles. The number of methoxy groups -OCH3 is 1. The van der Waals surface area contributed by atoms with E-state index in [0.29, 0.717) is 0 Å². The van der Waals surface area contributed by atoms with Crippen molar-refractivity contribution in [1.82, 2.24) is 0 Å². The molecule has 0 aromatic heterocycles. The summed E-state index contributed by atoms with van der Waals surface area (Å²) in [7, 11) is 0.938. The van der Waals surface area contributed by atoms with Crippen LogP contribution in [0, 0.1) is 0 Å². The van der Waals surface area contributed by atoms with Crippen LogP contribution in [0.2, 0.25) is 0 Å². The summed E-state index contributed by atoms with van der Waals surface area (Å²) in [4.78, 5) is 0. The van der Waals surface area contributed by atoms with Crippen LogP contribution in [-0.2, 0) is 4.74 Å². The summed E-state index contributed by atoms with van der Waals surface area (Å²) in [6.07, 6.45) is -13.1. The molecule has 0 aliphatic carbocycles. The number of hydrogen-bond acceptors (Lipinski definition) is 2. The summed E-state index contributed by atoms with van der Waals surface area (Å²) in [5, 5.41) is 8.49. The number of aliphatic hydroxyl groups is 1. The van der Waals surface area contributed by atoms with Gasteiger partial charge in [0.2, 0.25) is 0 Å². The fraction of sp³-hybridized carbons (Fsp3) is 1.00. The Morgan fingerprint density at radius 1 is 1.00 bits per heavy atom. The minimum atomic E-state index is -5.76. The van der Waals surface area contributed by atoms with Crippen LogP contribution >= 0.6 is 0 Å². The number of hydrogen-bond donors (Lipinski definition) is 1. The van der Waals surface area contributed by atoms with Gasteiger partial charge < -0.3 is 9.84 Å². The summed E-state index contributed by atoms with van der Waals surface area (Å²) >= 11 is 0. The zero-order valence-corrected chi connectivity index (χ0v) is 7.04. The van der Waals surface area contributed by atoms with Gasteiger partial charge in [-0.1, -0.05) is 0 Å². The van der Waals surface area contributed by atoms with Crippen molar-refractivity contribution in [1.29, 1.82) is 0 Å². The highest BCUT2D eigenvalue weighted by molar-refractivity contribution is 4.93. The van der Waals surface area contributed by atoms with Crippen LogP contribution < -0.4 is 0 Å². The van der Waals surface area contributed by atoms with Gasteiger partial charge in [0.15, 0.2) is 0 Å². The number of ether oxygens (including phenoxy) is 1. The lowest BCUT2D eigenvalue weighted by Crippen LogP contribution is -2.57. The monoisotopic (exact) mass is 226 g/mol. The molecular weight excluding hydrogens is 218 g/mol. The maximum absolute atomic E-state index is 11.9. The molecule has 0 amide bonds. The fourth-order valence-corrected chi connectivity index (χ4v) is 0.694. The van der Waals surface area contributed by atoms with Crippen molar-refractivity contribution < 1.29 is 36.2 Å². The summed E-state index contributed by atoms with van der Waals surface area (Å²) in [6.45, 7) is -0.838. The molecule has 0 aliphatic heterocycles. The van der Waals surface area contributed by atoms with Crippen molar-refractivity contribution in [2.75, 3.05) is 13.7 Å². The third-order valence-electron chi connectivity index (χ3n) is 1.61. The highest BCUT2D eigenvalue weighted by Gasteiger charge is 2.69. The molecule has 2 nitrogen and oxygen atoms in total. The third-order valence-corrected chi connectivity index (χ3v) is 1.61. The Labute approximate surface area is 75.5 Å². The van der Waals surface area contributed by atoms with Crippen LogP contribution in [0.4, 0.5) is 26.3 Å². The highest BCUT2D eigenvalue weighted by atomic mass is 19.4. The van der Waals surface area contributed by atoms with Gasteiger partial charge in [0.1, 0.15) is 0 Å². The smallest absolute Gasteiger partial charge is 0.385 e. The van der Waals surface area contributed by atoms with Crippen LogP contribution in [0.25, 0.3) is 0 Å².